The maximum absolute atomic E-state index is 11.9. The summed E-state index contributed by atoms with van der Waals surface area (Å²) in [6.45, 7) is 6.42. The number of hydrogen-bond acceptors (Lipinski definition) is 5. The third-order valence-electron chi connectivity index (χ3n) is 8.35. The van der Waals surface area contributed by atoms with Crippen LogP contribution in [0.15, 0.2) is 23.8 Å². The van der Waals surface area contributed by atoms with Crippen molar-refractivity contribution >= 4 is 29.0 Å². The average molecular weight is 403 g/mol. The number of thiocarbonyl (C=S) groups is 1. The molecule has 0 aliphatic heterocycles. The van der Waals surface area contributed by atoms with Crippen LogP contribution in [0.25, 0.3) is 0 Å². The van der Waals surface area contributed by atoms with E-state index >= 15 is 0 Å². The van der Waals surface area contributed by atoms with E-state index in [4.69, 9.17) is 22.0 Å². The molecule has 0 aromatic carbocycles. The molecule has 28 heavy (non-hydrogen) atoms. The van der Waals surface area contributed by atoms with E-state index in [9.17, 15) is 9.59 Å². The fourth-order valence-corrected chi connectivity index (χ4v) is 7.21. The van der Waals surface area contributed by atoms with Gasteiger partial charge in [-0.3, -0.25) is 9.68 Å². The minimum Gasteiger partial charge on any atom is -0.290 e. The van der Waals surface area contributed by atoms with Gasteiger partial charge in [-0.15, -0.1) is 0 Å². The molecule has 5 heteroatoms. The highest BCUT2D eigenvalue weighted by atomic mass is 32.1. The lowest BCUT2D eigenvalue weighted by atomic mass is 9.48. The van der Waals surface area contributed by atoms with E-state index < -0.39 is 0 Å². The zero-order chi connectivity index (χ0) is 20.1. The van der Waals surface area contributed by atoms with Gasteiger partial charge in [0.1, 0.15) is 0 Å². The van der Waals surface area contributed by atoms with Crippen LogP contribution >= 0.6 is 12.2 Å². The van der Waals surface area contributed by atoms with Gasteiger partial charge in [0.05, 0.1) is 0 Å². The van der Waals surface area contributed by atoms with Gasteiger partial charge >= 0.3 is 5.97 Å². The monoisotopic (exact) mass is 402 g/mol. The standard InChI is InChI=1S/C23H30O4S/c1-4-20(25)26-27-21(28)19-8-7-17-16-6-5-14-13-15(24)9-11-22(14,2)18(16)10-12-23(17,19)3/h9,11,13,16-19H,4-8,10,12H2,1-3H3/t16-,17-,18-,19+,22-,23-/m0/s1. The molecule has 0 N–H and O–H groups in total. The molecule has 4 nitrogen and oxygen atoms in total. The molecule has 3 fully saturated rings. The Hall–Kier alpha value is -1.49. The molecule has 0 amide bonds. The molecule has 0 saturated heterocycles. The van der Waals surface area contributed by atoms with Crippen LogP contribution in [0.2, 0.25) is 0 Å². The Kier molecular flexibility index (Phi) is 5.01. The third-order valence-corrected chi connectivity index (χ3v) is 8.70. The zero-order valence-corrected chi connectivity index (χ0v) is 17.8. The molecule has 0 aromatic rings. The summed E-state index contributed by atoms with van der Waals surface area (Å²) in [5, 5.41) is 0.441. The smallest absolute Gasteiger partial charge is 0.290 e. The molecule has 4 aliphatic carbocycles. The Balaban J connectivity index is 1.53. The van der Waals surface area contributed by atoms with E-state index in [0.717, 1.165) is 38.5 Å². The molecule has 0 aromatic heterocycles. The van der Waals surface area contributed by atoms with Gasteiger partial charge in [0.25, 0.3) is 0 Å². The first-order valence-corrected chi connectivity index (χ1v) is 11.1. The number of rotatable bonds is 2. The van der Waals surface area contributed by atoms with Crippen molar-refractivity contribution in [2.75, 3.05) is 0 Å². The van der Waals surface area contributed by atoms with E-state index in [1.165, 1.54) is 5.57 Å². The predicted molar refractivity (Wildman–Crippen MR) is 110 cm³/mol. The van der Waals surface area contributed by atoms with Gasteiger partial charge in [0.2, 0.25) is 5.05 Å². The molecule has 0 radical (unpaired) electrons. The first-order chi connectivity index (χ1) is 13.3. The van der Waals surface area contributed by atoms with Crippen LogP contribution < -0.4 is 0 Å². The second kappa shape index (κ2) is 7.08. The van der Waals surface area contributed by atoms with Gasteiger partial charge in [-0.2, -0.15) is 0 Å². The molecule has 4 rings (SSSR count). The highest BCUT2D eigenvalue weighted by Crippen LogP contribution is 2.66. The summed E-state index contributed by atoms with van der Waals surface area (Å²) < 4.78 is 0. The Bertz CT molecular complexity index is 769. The molecular formula is C23H30O4S. The number of fused-ring (bicyclic) bond motifs is 5. The maximum Gasteiger partial charge on any atom is 0.355 e. The fraction of sp³-hybridized carbons (Fsp3) is 0.696. The largest absolute Gasteiger partial charge is 0.355 e. The summed E-state index contributed by atoms with van der Waals surface area (Å²) in [7, 11) is 0. The molecule has 3 saturated carbocycles. The number of ketones is 1. The predicted octanol–water partition coefficient (Wildman–Crippen LogP) is 5.12. The van der Waals surface area contributed by atoms with Crippen molar-refractivity contribution in [2.45, 2.75) is 65.7 Å². The van der Waals surface area contributed by atoms with E-state index in [2.05, 4.69) is 19.9 Å². The lowest BCUT2D eigenvalue weighted by Crippen LogP contribution is -2.50. The first kappa shape index (κ1) is 19.8. The van der Waals surface area contributed by atoms with E-state index in [1.807, 2.05) is 6.08 Å². The lowest BCUT2D eigenvalue weighted by Gasteiger charge is -2.56. The molecule has 152 valence electrons. The van der Waals surface area contributed by atoms with Crippen molar-refractivity contribution in [3.63, 3.8) is 0 Å². The number of carbonyl (C=O) groups excluding carboxylic acids is 2. The molecule has 0 spiro atoms. The first-order valence-electron chi connectivity index (χ1n) is 10.6. The van der Waals surface area contributed by atoms with Crippen LogP contribution in [0.1, 0.15) is 65.7 Å². The molecule has 6 atom stereocenters. The van der Waals surface area contributed by atoms with Gasteiger partial charge in [0.15, 0.2) is 5.78 Å². The summed E-state index contributed by atoms with van der Waals surface area (Å²) >= 11 is 5.54. The van der Waals surface area contributed by atoms with Gasteiger partial charge in [-0.05, 0) is 86.1 Å². The van der Waals surface area contributed by atoms with Crippen molar-refractivity contribution in [1.82, 2.24) is 0 Å². The quantitative estimate of drug-likeness (QED) is 0.364. The van der Waals surface area contributed by atoms with E-state index in [0.29, 0.717) is 22.8 Å². The summed E-state index contributed by atoms with van der Waals surface area (Å²) in [4.78, 5) is 33.4. The maximum atomic E-state index is 11.9. The van der Waals surface area contributed by atoms with Crippen LogP contribution in [0.4, 0.5) is 0 Å². The Morgan fingerprint density at radius 1 is 1.18 bits per heavy atom. The zero-order valence-electron chi connectivity index (χ0n) is 17.0. The van der Waals surface area contributed by atoms with Crippen molar-refractivity contribution in [2.24, 2.45) is 34.5 Å². The molecular weight excluding hydrogens is 372 g/mol. The van der Waals surface area contributed by atoms with Crippen LogP contribution in [0.5, 0.6) is 0 Å². The van der Waals surface area contributed by atoms with Crippen LogP contribution in [0.3, 0.4) is 0 Å². The van der Waals surface area contributed by atoms with Gasteiger partial charge in [0, 0.05) is 17.8 Å². The lowest BCUT2D eigenvalue weighted by molar-refractivity contribution is -0.223. The average Bonchev–Trinajstić information content (AvgIpc) is 3.03. The number of hydrogen-bond donors (Lipinski definition) is 0. The van der Waals surface area contributed by atoms with Crippen LogP contribution in [0, 0.1) is 34.5 Å². The van der Waals surface area contributed by atoms with Gasteiger partial charge in [-0.25, -0.2) is 9.68 Å². The second-order valence-corrected chi connectivity index (χ2v) is 9.89. The Morgan fingerprint density at radius 3 is 2.71 bits per heavy atom. The highest BCUT2D eigenvalue weighted by Gasteiger charge is 2.59. The van der Waals surface area contributed by atoms with Gasteiger partial charge < -0.3 is 0 Å². The Labute approximate surface area is 172 Å². The summed E-state index contributed by atoms with van der Waals surface area (Å²) in [6, 6.07) is 0. The minimum atomic E-state index is -0.385. The number of allylic oxidation sites excluding steroid dienone is 4. The van der Waals surface area contributed by atoms with E-state index in [-0.39, 0.29) is 34.9 Å². The van der Waals surface area contributed by atoms with Crippen molar-refractivity contribution in [3.8, 4) is 0 Å². The second-order valence-electron chi connectivity index (χ2n) is 9.49. The summed E-state index contributed by atoms with van der Waals surface area (Å²) in [5.74, 6) is 1.74. The van der Waals surface area contributed by atoms with Gasteiger partial charge in [-0.1, -0.05) is 32.4 Å². The SMILES string of the molecule is CCC(=O)OOC(=S)[C@H]1CC[C@H]2[C@@H]3CCC4=CC(=O)C=C[C@]4(C)[C@H]3CC[C@]12C. The van der Waals surface area contributed by atoms with Crippen LogP contribution in [-0.4, -0.2) is 16.8 Å². The van der Waals surface area contributed by atoms with Crippen molar-refractivity contribution < 1.29 is 19.4 Å². The van der Waals surface area contributed by atoms with Crippen molar-refractivity contribution in [3.05, 3.63) is 23.8 Å². The number of carbonyl (C=O) groups is 2. The van der Waals surface area contributed by atoms with Crippen molar-refractivity contribution in [1.29, 1.82) is 0 Å². The third kappa shape index (κ3) is 2.97. The van der Waals surface area contributed by atoms with Crippen LogP contribution in [-0.2, 0) is 19.4 Å². The topological polar surface area (TPSA) is 52.6 Å². The van der Waals surface area contributed by atoms with E-state index in [1.54, 1.807) is 13.0 Å². The molecule has 4 aliphatic rings. The molecule has 0 bridgehead atoms. The minimum absolute atomic E-state index is 0.0178. The normalized spacial score (nSPS) is 41.4. The highest BCUT2D eigenvalue weighted by molar-refractivity contribution is 7.80. The summed E-state index contributed by atoms with van der Waals surface area (Å²) in [5.41, 5.74) is 1.44. The fourth-order valence-electron chi connectivity index (χ4n) is 6.79. The summed E-state index contributed by atoms with van der Waals surface area (Å²) in [6.07, 6.45) is 12.6. The molecule has 0 heterocycles. The Morgan fingerprint density at radius 2 is 1.96 bits per heavy atom. The molecule has 0 unspecified atom stereocenters.